The van der Waals surface area contributed by atoms with E-state index in [-0.39, 0.29) is 0 Å². The molecule has 2 nitrogen and oxygen atoms in total. The molecule has 1 aromatic rings. The Morgan fingerprint density at radius 3 is 2.48 bits per heavy atom. The van der Waals surface area contributed by atoms with Crippen LogP contribution in [0.4, 0.5) is 0 Å². The lowest BCUT2D eigenvalue weighted by Crippen LogP contribution is -2.49. The van der Waals surface area contributed by atoms with Gasteiger partial charge in [-0.25, -0.2) is 0 Å². The molecular formula is C18H29ClN2. The second kappa shape index (κ2) is 7.13. The molecule has 1 saturated carbocycles. The smallest absolute Gasteiger partial charge is 0.0441 e. The molecule has 0 amide bonds. The molecule has 0 bridgehead atoms. The summed E-state index contributed by atoms with van der Waals surface area (Å²) in [6.45, 7) is 6.70. The summed E-state index contributed by atoms with van der Waals surface area (Å²) in [5.41, 5.74) is 5.87. The minimum absolute atomic E-state index is 0.308. The van der Waals surface area contributed by atoms with Gasteiger partial charge in [0.1, 0.15) is 0 Å². The van der Waals surface area contributed by atoms with Crippen molar-refractivity contribution in [2.45, 2.75) is 65.3 Å². The first kappa shape index (κ1) is 16.8. The maximum absolute atomic E-state index is 6.42. The predicted octanol–water partition coefficient (Wildman–Crippen LogP) is 4.63. The molecule has 0 aliphatic heterocycles. The van der Waals surface area contributed by atoms with Gasteiger partial charge in [0.15, 0.2) is 0 Å². The van der Waals surface area contributed by atoms with E-state index < -0.39 is 0 Å². The van der Waals surface area contributed by atoms with Crippen molar-refractivity contribution < 1.29 is 0 Å². The molecule has 118 valence electrons. The lowest BCUT2D eigenvalue weighted by molar-refractivity contribution is 0.154. The van der Waals surface area contributed by atoms with Gasteiger partial charge in [-0.2, -0.15) is 0 Å². The molecule has 1 aromatic carbocycles. The van der Waals surface area contributed by atoms with Crippen LogP contribution >= 0.6 is 11.6 Å². The van der Waals surface area contributed by atoms with Crippen LogP contribution in [0.1, 0.15) is 57.1 Å². The second-order valence-corrected chi connectivity index (χ2v) is 7.59. The Balaban J connectivity index is 2.20. The minimum Gasteiger partial charge on any atom is -0.271 e. The third-order valence-corrected chi connectivity index (χ3v) is 5.34. The third kappa shape index (κ3) is 4.00. The lowest BCUT2D eigenvalue weighted by Gasteiger charge is -2.39. The van der Waals surface area contributed by atoms with Crippen LogP contribution in [-0.2, 0) is 6.42 Å². The van der Waals surface area contributed by atoms with E-state index in [2.05, 4.69) is 38.3 Å². The van der Waals surface area contributed by atoms with Gasteiger partial charge in [-0.15, -0.1) is 0 Å². The molecule has 3 N–H and O–H groups in total. The van der Waals surface area contributed by atoms with Gasteiger partial charge >= 0.3 is 0 Å². The molecule has 1 fully saturated rings. The molecule has 21 heavy (non-hydrogen) atoms. The van der Waals surface area contributed by atoms with E-state index in [9.17, 15) is 0 Å². The SMILES string of the molecule is Cc1ccc(CC(NN)C2(CC(C)C)CCCC2)c(Cl)c1. The van der Waals surface area contributed by atoms with E-state index in [1.54, 1.807) is 0 Å². The van der Waals surface area contributed by atoms with Gasteiger partial charge in [-0.3, -0.25) is 11.3 Å². The second-order valence-electron chi connectivity index (χ2n) is 7.19. The highest BCUT2D eigenvalue weighted by Crippen LogP contribution is 2.46. The van der Waals surface area contributed by atoms with Crippen molar-refractivity contribution in [1.29, 1.82) is 0 Å². The van der Waals surface area contributed by atoms with Crippen LogP contribution in [0.25, 0.3) is 0 Å². The van der Waals surface area contributed by atoms with Crippen LogP contribution < -0.4 is 11.3 Å². The van der Waals surface area contributed by atoms with Gasteiger partial charge in [-0.05, 0) is 61.1 Å². The summed E-state index contributed by atoms with van der Waals surface area (Å²) in [7, 11) is 0. The standard InChI is InChI=1S/C18H29ClN2/c1-13(2)12-18(8-4-5-9-18)17(21-20)11-15-7-6-14(3)10-16(15)19/h6-7,10,13,17,21H,4-5,8-9,11-12,20H2,1-3H3. The van der Waals surface area contributed by atoms with Crippen LogP contribution in [0, 0.1) is 18.3 Å². The first-order valence-corrected chi connectivity index (χ1v) is 8.56. The number of rotatable bonds is 6. The van der Waals surface area contributed by atoms with Crippen LogP contribution in [0.2, 0.25) is 5.02 Å². The Bertz CT molecular complexity index is 464. The summed E-state index contributed by atoms with van der Waals surface area (Å²) in [4.78, 5) is 0. The van der Waals surface area contributed by atoms with Crippen LogP contribution in [-0.4, -0.2) is 6.04 Å². The topological polar surface area (TPSA) is 38.0 Å². The Hall–Kier alpha value is -0.570. The van der Waals surface area contributed by atoms with Crippen molar-refractivity contribution in [3.8, 4) is 0 Å². The highest BCUT2D eigenvalue weighted by Gasteiger charge is 2.41. The fraction of sp³-hybridized carbons (Fsp3) is 0.667. The van der Waals surface area contributed by atoms with Crippen molar-refractivity contribution in [3.05, 3.63) is 34.3 Å². The van der Waals surface area contributed by atoms with Crippen LogP contribution in [0.3, 0.4) is 0 Å². The quantitative estimate of drug-likeness (QED) is 0.594. The zero-order chi connectivity index (χ0) is 15.5. The molecule has 1 atom stereocenters. The van der Waals surface area contributed by atoms with Crippen molar-refractivity contribution >= 4 is 11.6 Å². The number of nitrogens with two attached hydrogens (primary N) is 1. The molecule has 0 spiro atoms. The molecule has 0 saturated heterocycles. The fourth-order valence-electron chi connectivity index (χ4n) is 4.08. The Morgan fingerprint density at radius 2 is 1.95 bits per heavy atom. The van der Waals surface area contributed by atoms with Gasteiger partial charge in [0.05, 0.1) is 0 Å². The highest BCUT2D eigenvalue weighted by molar-refractivity contribution is 6.31. The van der Waals surface area contributed by atoms with Crippen LogP contribution in [0.5, 0.6) is 0 Å². The molecule has 1 unspecified atom stereocenters. The Morgan fingerprint density at radius 1 is 1.29 bits per heavy atom. The summed E-state index contributed by atoms with van der Waals surface area (Å²) in [6.07, 6.45) is 7.37. The molecule has 0 aromatic heterocycles. The number of hydrazine groups is 1. The largest absolute Gasteiger partial charge is 0.271 e. The first-order chi connectivity index (χ1) is 9.97. The minimum atomic E-state index is 0.308. The summed E-state index contributed by atoms with van der Waals surface area (Å²) < 4.78 is 0. The molecule has 1 aliphatic rings. The van der Waals surface area contributed by atoms with E-state index in [1.165, 1.54) is 43.2 Å². The number of hydrogen-bond donors (Lipinski definition) is 2. The zero-order valence-electron chi connectivity index (χ0n) is 13.6. The van der Waals surface area contributed by atoms with Gasteiger partial charge in [-0.1, -0.05) is 50.4 Å². The van der Waals surface area contributed by atoms with Crippen LogP contribution in [0.15, 0.2) is 18.2 Å². The molecule has 1 aliphatic carbocycles. The third-order valence-electron chi connectivity index (χ3n) is 4.99. The van der Waals surface area contributed by atoms with Gasteiger partial charge in [0.2, 0.25) is 0 Å². The monoisotopic (exact) mass is 308 g/mol. The van der Waals surface area contributed by atoms with Crippen molar-refractivity contribution in [3.63, 3.8) is 0 Å². The summed E-state index contributed by atoms with van der Waals surface area (Å²) >= 11 is 6.42. The molecule has 0 radical (unpaired) electrons. The Kier molecular flexibility index (Phi) is 5.70. The maximum Gasteiger partial charge on any atom is 0.0441 e. The summed E-state index contributed by atoms with van der Waals surface area (Å²) in [6, 6.07) is 6.65. The van der Waals surface area contributed by atoms with E-state index in [1.807, 2.05) is 6.07 Å². The van der Waals surface area contributed by atoms with E-state index >= 15 is 0 Å². The highest BCUT2D eigenvalue weighted by atomic mass is 35.5. The average Bonchev–Trinajstić information content (AvgIpc) is 2.86. The number of hydrogen-bond acceptors (Lipinski definition) is 2. The predicted molar refractivity (Wildman–Crippen MR) is 91.4 cm³/mol. The fourth-order valence-corrected chi connectivity index (χ4v) is 4.39. The van der Waals surface area contributed by atoms with Gasteiger partial charge < -0.3 is 0 Å². The number of aryl methyl sites for hydroxylation is 1. The molecule has 3 heteroatoms. The average molecular weight is 309 g/mol. The van der Waals surface area contributed by atoms with Gasteiger partial charge in [0, 0.05) is 11.1 Å². The number of nitrogens with one attached hydrogen (secondary N) is 1. The molecular weight excluding hydrogens is 280 g/mol. The number of benzene rings is 1. The van der Waals surface area contributed by atoms with Gasteiger partial charge in [0.25, 0.3) is 0 Å². The van der Waals surface area contributed by atoms with Crippen molar-refractivity contribution in [2.75, 3.05) is 0 Å². The summed E-state index contributed by atoms with van der Waals surface area (Å²) in [5.74, 6) is 6.65. The normalized spacial score (nSPS) is 19.1. The zero-order valence-corrected chi connectivity index (χ0v) is 14.3. The Labute approximate surface area is 134 Å². The first-order valence-electron chi connectivity index (χ1n) is 8.18. The molecule has 2 rings (SSSR count). The van der Waals surface area contributed by atoms with Crippen molar-refractivity contribution in [1.82, 2.24) is 5.43 Å². The maximum atomic E-state index is 6.42. The van der Waals surface area contributed by atoms with Crippen molar-refractivity contribution in [2.24, 2.45) is 17.2 Å². The van der Waals surface area contributed by atoms with E-state index in [0.717, 1.165) is 11.4 Å². The molecule has 0 heterocycles. The number of halogens is 1. The van der Waals surface area contributed by atoms with E-state index in [0.29, 0.717) is 17.4 Å². The summed E-state index contributed by atoms with van der Waals surface area (Å²) in [5, 5.41) is 0.868. The van der Waals surface area contributed by atoms with E-state index in [4.69, 9.17) is 17.4 Å². The lowest BCUT2D eigenvalue weighted by atomic mass is 9.71.